The highest BCUT2D eigenvalue weighted by atomic mass is 19.3. The molecule has 0 amide bonds. The minimum Gasteiger partial charge on any atom is -0.481 e. The van der Waals surface area contributed by atoms with Gasteiger partial charge in [0.1, 0.15) is 5.92 Å². The van der Waals surface area contributed by atoms with Gasteiger partial charge >= 0.3 is 5.97 Å². The van der Waals surface area contributed by atoms with Gasteiger partial charge < -0.3 is 5.11 Å². The molecule has 1 saturated heterocycles. The molecule has 1 aliphatic heterocycles. The molecular formula is C12H13F2NO2. The van der Waals surface area contributed by atoms with E-state index in [0.29, 0.717) is 6.54 Å². The van der Waals surface area contributed by atoms with Crippen LogP contribution in [0.4, 0.5) is 8.78 Å². The lowest BCUT2D eigenvalue weighted by molar-refractivity contribution is -0.151. The van der Waals surface area contributed by atoms with Crippen LogP contribution in [0, 0.1) is 5.92 Å². The Kier molecular flexibility index (Phi) is 3.11. The van der Waals surface area contributed by atoms with Crippen molar-refractivity contribution in [2.75, 3.05) is 13.1 Å². The fraction of sp³-hybridized carbons (Fsp3) is 0.417. The summed E-state index contributed by atoms with van der Waals surface area (Å²) < 4.78 is 26.8. The van der Waals surface area contributed by atoms with Crippen molar-refractivity contribution in [1.82, 2.24) is 4.90 Å². The molecule has 5 heteroatoms. The zero-order chi connectivity index (χ0) is 12.5. The molecule has 0 radical (unpaired) electrons. The topological polar surface area (TPSA) is 40.5 Å². The number of carbonyl (C=O) groups is 1. The first-order valence-corrected chi connectivity index (χ1v) is 5.36. The molecule has 1 atom stereocenters. The number of benzene rings is 1. The molecule has 1 heterocycles. The first kappa shape index (κ1) is 12.0. The molecule has 3 nitrogen and oxygen atoms in total. The van der Waals surface area contributed by atoms with Gasteiger partial charge in [-0.05, 0) is 5.56 Å². The van der Waals surface area contributed by atoms with E-state index in [9.17, 15) is 13.6 Å². The third-order valence-electron chi connectivity index (χ3n) is 2.93. The number of aliphatic carboxylic acids is 1. The van der Waals surface area contributed by atoms with Crippen molar-refractivity contribution in [2.24, 2.45) is 5.92 Å². The van der Waals surface area contributed by atoms with Gasteiger partial charge in [0.05, 0.1) is 6.54 Å². The second kappa shape index (κ2) is 4.41. The predicted octanol–water partition coefficient (Wildman–Crippen LogP) is 1.84. The normalized spacial score (nSPS) is 23.8. The minimum absolute atomic E-state index is 0.1000. The highest BCUT2D eigenvalue weighted by molar-refractivity contribution is 5.72. The summed E-state index contributed by atoms with van der Waals surface area (Å²) in [5.41, 5.74) is 0.911. The Labute approximate surface area is 97.7 Å². The molecule has 1 fully saturated rings. The van der Waals surface area contributed by atoms with Crippen molar-refractivity contribution in [3.05, 3.63) is 35.9 Å². The van der Waals surface area contributed by atoms with Gasteiger partial charge in [0, 0.05) is 13.1 Å². The summed E-state index contributed by atoms with van der Waals surface area (Å²) in [6, 6.07) is 9.19. The van der Waals surface area contributed by atoms with E-state index >= 15 is 0 Å². The Morgan fingerprint density at radius 2 is 2.06 bits per heavy atom. The van der Waals surface area contributed by atoms with Crippen LogP contribution < -0.4 is 0 Å². The average Bonchev–Trinajstić information content (AvgIpc) is 2.55. The fourth-order valence-electron chi connectivity index (χ4n) is 2.09. The molecule has 0 unspecified atom stereocenters. The number of carboxylic acids is 1. The van der Waals surface area contributed by atoms with Crippen molar-refractivity contribution in [3.63, 3.8) is 0 Å². The number of hydrogen-bond acceptors (Lipinski definition) is 2. The largest absolute Gasteiger partial charge is 0.481 e. The quantitative estimate of drug-likeness (QED) is 0.877. The lowest BCUT2D eigenvalue weighted by atomic mass is 10.1. The van der Waals surface area contributed by atoms with E-state index in [0.717, 1.165) is 5.56 Å². The van der Waals surface area contributed by atoms with Gasteiger partial charge in [0.2, 0.25) is 0 Å². The molecule has 0 spiro atoms. The van der Waals surface area contributed by atoms with Crippen LogP contribution in [-0.2, 0) is 11.3 Å². The molecule has 0 bridgehead atoms. The number of nitrogens with zero attached hydrogens (tertiary/aromatic N) is 1. The van der Waals surface area contributed by atoms with Gasteiger partial charge in [-0.15, -0.1) is 0 Å². The molecule has 0 aromatic heterocycles. The van der Waals surface area contributed by atoms with Crippen molar-refractivity contribution in [3.8, 4) is 0 Å². The van der Waals surface area contributed by atoms with Gasteiger partial charge in [-0.1, -0.05) is 30.3 Å². The van der Waals surface area contributed by atoms with Gasteiger partial charge in [-0.3, -0.25) is 9.69 Å². The van der Waals surface area contributed by atoms with Gasteiger partial charge in [-0.2, -0.15) is 0 Å². The number of hydrogen-bond donors (Lipinski definition) is 1. The number of rotatable bonds is 3. The summed E-state index contributed by atoms with van der Waals surface area (Å²) in [6.07, 6.45) is 0. The van der Waals surface area contributed by atoms with Crippen LogP contribution in [0.5, 0.6) is 0 Å². The van der Waals surface area contributed by atoms with E-state index in [-0.39, 0.29) is 6.54 Å². The lowest BCUT2D eigenvalue weighted by Crippen LogP contribution is -2.32. The average molecular weight is 241 g/mol. The van der Waals surface area contributed by atoms with Gasteiger partial charge in [-0.25, -0.2) is 8.78 Å². The summed E-state index contributed by atoms with van der Waals surface area (Å²) in [5, 5.41) is 8.73. The molecule has 1 N–H and O–H groups in total. The summed E-state index contributed by atoms with van der Waals surface area (Å²) >= 11 is 0. The maximum Gasteiger partial charge on any atom is 0.314 e. The third kappa shape index (κ3) is 2.61. The van der Waals surface area contributed by atoms with Crippen LogP contribution in [0.15, 0.2) is 30.3 Å². The van der Waals surface area contributed by atoms with Crippen LogP contribution in [-0.4, -0.2) is 35.0 Å². The third-order valence-corrected chi connectivity index (χ3v) is 2.93. The SMILES string of the molecule is O=C(O)[C@@H]1CN(Cc2ccccc2)CC1(F)F. The second-order valence-electron chi connectivity index (χ2n) is 4.31. The molecule has 1 aromatic rings. The highest BCUT2D eigenvalue weighted by Gasteiger charge is 2.51. The maximum atomic E-state index is 13.4. The summed E-state index contributed by atoms with van der Waals surface area (Å²) in [5.74, 6) is -6.16. The molecule has 1 aromatic carbocycles. The van der Waals surface area contributed by atoms with Crippen LogP contribution in [0.1, 0.15) is 5.56 Å². The monoisotopic (exact) mass is 241 g/mol. The van der Waals surface area contributed by atoms with E-state index < -0.39 is 24.4 Å². The van der Waals surface area contributed by atoms with E-state index in [1.54, 1.807) is 0 Å². The van der Waals surface area contributed by atoms with Crippen molar-refractivity contribution in [2.45, 2.75) is 12.5 Å². The first-order valence-electron chi connectivity index (χ1n) is 5.36. The van der Waals surface area contributed by atoms with Gasteiger partial charge in [0.15, 0.2) is 0 Å². The molecule has 0 saturated carbocycles. The highest BCUT2D eigenvalue weighted by Crippen LogP contribution is 2.33. The number of carboxylic acid groups (broad SMARTS) is 1. The van der Waals surface area contributed by atoms with Crippen LogP contribution in [0.3, 0.4) is 0 Å². The van der Waals surface area contributed by atoms with E-state index in [2.05, 4.69) is 0 Å². The molecule has 0 aliphatic carbocycles. The first-order chi connectivity index (χ1) is 7.99. The zero-order valence-corrected chi connectivity index (χ0v) is 9.14. The fourth-order valence-corrected chi connectivity index (χ4v) is 2.09. The summed E-state index contributed by atoms with van der Waals surface area (Å²) in [6.45, 7) is -0.226. The van der Waals surface area contributed by atoms with Crippen LogP contribution >= 0.6 is 0 Å². The van der Waals surface area contributed by atoms with Crippen molar-refractivity contribution < 1.29 is 18.7 Å². The van der Waals surface area contributed by atoms with Gasteiger partial charge in [0.25, 0.3) is 5.92 Å². The van der Waals surface area contributed by atoms with E-state index in [4.69, 9.17) is 5.11 Å². The number of likely N-dealkylation sites (tertiary alicyclic amines) is 1. The molecule has 17 heavy (non-hydrogen) atoms. The Bertz CT molecular complexity index is 408. The summed E-state index contributed by atoms with van der Waals surface area (Å²) in [4.78, 5) is 12.2. The zero-order valence-electron chi connectivity index (χ0n) is 9.14. The predicted molar refractivity (Wildman–Crippen MR) is 57.8 cm³/mol. The van der Waals surface area contributed by atoms with Crippen molar-refractivity contribution >= 4 is 5.97 Å². The second-order valence-corrected chi connectivity index (χ2v) is 4.31. The Balaban J connectivity index is 2.04. The number of halogens is 2. The Hall–Kier alpha value is -1.49. The van der Waals surface area contributed by atoms with Crippen LogP contribution in [0.25, 0.3) is 0 Å². The minimum atomic E-state index is -3.14. The van der Waals surface area contributed by atoms with E-state index in [1.807, 2.05) is 30.3 Å². The maximum absolute atomic E-state index is 13.4. The van der Waals surface area contributed by atoms with E-state index in [1.165, 1.54) is 4.90 Å². The summed E-state index contributed by atoms with van der Waals surface area (Å²) in [7, 11) is 0. The molecule has 1 aliphatic rings. The molecule has 2 rings (SSSR count). The van der Waals surface area contributed by atoms with Crippen LogP contribution in [0.2, 0.25) is 0 Å². The Morgan fingerprint density at radius 3 is 2.59 bits per heavy atom. The molecule has 92 valence electrons. The molecular weight excluding hydrogens is 228 g/mol. The smallest absolute Gasteiger partial charge is 0.314 e. The lowest BCUT2D eigenvalue weighted by Gasteiger charge is -2.14. The standard InChI is InChI=1S/C12H13F2NO2/c13-12(14)8-15(7-10(12)11(16)17)6-9-4-2-1-3-5-9/h1-5,10H,6-8H2,(H,16,17)/t10-/m0/s1. The van der Waals surface area contributed by atoms with Crippen molar-refractivity contribution in [1.29, 1.82) is 0 Å². The number of alkyl halides is 2. The Morgan fingerprint density at radius 1 is 1.41 bits per heavy atom.